The number of hydrogen-bond donors (Lipinski definition) is 2. The molecule has 1 amide bonds. The highest BCUT2D eigenvalue weighted by molar-refractivity contribution is 7.71. The van der Waals surface area contributed by atoms with E-state index in [1.54, 1.807) is 18.3 Å². The number of pyridine rings is 1. The summed E-state index contributed by atoms with van der Waals surface area (Å²) in [4.78, 5) is 17.0. The predicted octanol–water partition coefficient (Wildman–Crippen LogP) is 3.00. The van der Waals surface area contributed by atoms with Crippen molar-refractivity contribution in [1.82, 2.24) is 10.3 Å². The van der Waals surface area contributed by atoms with E-state index in [9.17, 15) is 4.79 Å². The van der Waals surface area contributed by atoms with Crippen molar-refractivity contribution in [2.45, 2.75) is 6.42 Å². The van der Waals surface area contributed by atoms with Crippen molar-refractivity contribution < 1.29 is 4.79 Å². The Kier molecular flexibility index (Phi) is 5.51. The zero-order valence-corrected chi connectivity index (χ0v) is 12.8. The molecular formula is C16H19N3OS. The minimum atomic E-state index is -0.126. The molecule has 21 heavy (non-hydrogen) atoms. The quantitative estimate of drug-likeness (QED) is 0.637. The lowest BCUT2D eigenvalue weighted by Gasteiger charge is -2.19. The molecule has 0 aliphatic rings. The van der Waals surface area contributed by atoms with Crippen molar-refractivity contribution in [2.75, 3.05) is 25.0 Å². The van der Waals surface area contributed by atoms with E-state index >= 15 is 0 Å². The van der Waals surface area contributed by atoms with Crippen molar-refractivity contribution in [3.63, 3.8) is 0 Å². The van der Waals surface area contributed by atoms with Crippen LogP contribution in [0, 0.1) is 4.64 Å². The predicted molar refractivity (Wildman–Crippen MR) is 88.3 cm³/mol. The molecule has 0 saturated heterocycles. The van der Waals surface area contributed by atoms with Gasteiger partial charge in [-0.1, -0.05) is 30.4 Å². The summed E-state index contributed by atoms with van der Waals surface area (Å²) in [5.41, 5.74) is 1.69. The molecule has 0 saturated carbocycles. The monoisotopic (exact) mass is 301 g/mol. The third kappa shape index (κ3) is 4.43. The second-order valence-electron chi connectivity index (χ2n) is 4.78. The van der Waals surface area contributed by atoms with Crippen LogP contribution in [0.2, 0.25) is 0 Å². The first-order valence-corrected chi connectivity index (χ1v) is 7.31. The minimum Gasteiger partial charge on any atom is -0.375 e. The summed E-state index contributed by atoms with van der Waals surface area (Å²) < 4.78 is 0.469. The number of amides is 1. The fourth-order valence-corrected chi connectivity index (χ4v) is 2.25. The van der Waals surface area contributed by atoms with E-state index in [2.05, 4.69) is 27.3 Å². The lowest BCUT2D eigenvalue weighted by atomic mass is 10.2. The number of para-hydroxylation sites is 1. The van der Waals surface area contributed by atoms with Gasteiger partial charge in [-0.2, -0.15) is 0 Å². The molecule has 0 aliphatic heterocycles. The molecule has 0 fully saturated rings. The van der Waals surface area contributed by atoms with Crippen LogP contribution in [-0.4, -0.2) is 31.0 Å². The van der Waals surface area contributed by atoms with Crippen LogP contribution < -0.4 is 10.2 Å². The molecule has 2 N–H and O–H groups in total. The first-order chi connectivity index (χ1) is 10.2. The lowest BCUT2D eigenvalue weighted by Crippen LogP contribution is -2.28. The number of carbonyl (C=O) groups is 1. The Labute approximate surface area is 129 Å². The summed E-state index contributed by atoms with van der Waals surface area (Å²) in [5, 5.41) is 2.89. The molecule has 0 radical (unpaired) electrons. The maximum Gasteiger partial charge on any atom is 0.254 e. The van der Waals surface area contributed by atoms with Crippen molar-refractivity contribution >= 4 is 23.8 Å². The maximum atomic E-state index is 12.0. The van der Waals surface area contributed by atoms with E-state index in [4.69, 9.17) is 12.2 Å². The van der Waals surface area contributed by atoms with E-state index in [-0.39, 0.29) is 5.91 Å². The summed E-state index contributed by atoms with van der Waals surface area (Å²) in [7, 11) is 2.05. The molecule has 2 aromatic rings. The largest absolute Gasteiger partial charge is 0.375 e. The molecular weight excluding hydrogens is 282 g/mol. The topological polar surface area (TPSA) is 48.1 Å². The van der Waals surface area contributed by atoms with Crippen molar-refractivity contribution in [3.8, 4) is 0 Å². The molecule has 0 atom stereocenters. The van der Waals surface area contributed by atoms with Gasteiger partial charge in [0.15, 0.2) is 0 Å². The number of aromatic amines is 1. The number of aromatic nitrogens is 1. The number of nitrogens with one attached hydrogen (secondary N) is 2. The number of rotatable bonds is 6. The van der Waals surface area contributed by atoms with Gasteiger partial charge in [0.1, 0.15) is 4.64 Å². The lowest BCUT2D eigenvalue weighted by molar-refractivity contribution is 0.0952. The molecule has 1 heterocycles. The Morgan fingerprint density at radius 1 is 1.24 bits per heavy atom. The summed E-state index contributed by atoms with van der Waals surface area (Å²) in [6.45, 7) is 1.51. The van der Waals surface area contributed by atoms with Gasteiger partial charge in [0.25, 0.3) is 5.91 Å². The molecule has 1 aromatic heterocycles. The molecule has 0 bridgehead atoms. The number of H-pyrrole nitrogens is 1. The average Bonchev–Trinajstić information content (AvgIpc) is 2.52. The van der Waals surface area contributed by atoms with Gasteiger partial charge < -0.3 is 15.2 Å². The van der Waals surface area contributed by atoms with Crippen LogP contribution in [0.5, 0.6) is 0 Å². The summed E-state index contributed by atoms with van der Waals surface area (Å²) in [6.07, 6.45) is 2.59. The fraction of sp³-hybridized carbons (Fsp3) is 0.250. The molecule has 0 unspecified atom stereocenters. The van der Waals surface area contributed by atoms with Crippen LogP contribution in [0.3, 0.4) is 0 Å². The highest BCUT2D eigenvalue weighted by Gasteiger charge is 2.06. The zero-order valence-electron chi connectivity index (χ0n) is 12.0. The number of anilines is 1. The van der Waals surface area contributed by atoms with Gasteiger partial charge in [-0.3, -0.25) is 4.79 Å². The van der Waals surface area contributed by atoms with Crippen LogP contribution in [0.25, 0.3) is 0 Å². The smallest absolute Gasteiger partial charge is 0.254 e. The number of nitrogens with zero attached hydrogens (tertiary/aromatic N) is 1. The third-order valence-electron chi connectivity index (χ3n) is 3.22. The summed E-state index contributed by atoms with van der Waals surface area (Å²) in [5.74, 6) is -0.126. The van der Waals surface area contributed by atoms with Gasteiger partial charge in [-0.05, 0) is 30.7 Å². The molecule has 1 aromatic carbocycles. The molecule has 4 nitrogen and oxygen atoms in total. The van der Waals surface area contributed by atoms with Crippen LogP contribution in [-0.2, 0) is 0 Å². The van der Waals surface area contributed by atoms with Gasteiger partial charge >= 0.3 is 0 Å². The van der Waals surface area contributed by atoms with E-state index in [0.717, 1.165) is 13.0 Å². The zero-order chi connectivity index (χ0) is 15.1. The fourth-order valence-electron chi connectivity index (χ4n) is 2.03. The van der Waals surface area contributed by atoms with E-state index in [0.29, 0.717) is 16.7 Å². The first kappa shape index (κ1) is 15.3. The molecule has 2 rings (SSSR count). The van der Waals surface area contributed by atoms with E-state index < -0.39 is 0 Å². The second kappa shape index (κ2) is 7.59. The highest BCUT2D eigenvalue weighted by atomic mass is 32.1. The van der Waals surface area contributed by atoms with E-state index in [1.807, 2.05) is 25.2 Å². The normalized spacial score (nSPS) is 10.1. The number of hydrogen-bond acceptors (Lipinski definition) is 3. The standard InChI is InChI=1S/C16H19N3OS/c1-19(13-7-3-2-4-8-13)12-6-11-17-15(20)14-9-5-10-18-16(14)21/h2-5,7-10H,6,11-12H2,1H3,(H,17,20)(H,18,21). The average molecular weight is 301 g/mol. The minimum absolute atomic E-state index is 0.126. The highest BCUT2D eigenvalue weighted by Crippen LogP contribution is 2.10. The van der Waals surface area contributed by atoms with Gasteiger partial charge in [0.2, 0.25) is 0 Å². The Morgan fingerprint density at radius 3 is 2.71 bits per heavy atom. The Balaban J connectivity index is 1.76. The summed E-state index contributed by atoms with van der Waals surface area (Å²) in [6, 6.07) is 13.7. The van der Waals surface area contributed by atoms with Crippen LogP contribution in [0.4, 0.5) is 5.69 Å². The maximum absolute atomic E-state index is 12.0. The van der Waals surface area contributed by atoms with Crippen molar-refractivity contribution in [1.29, 1.82) is 0 Å². The molecule has 5 heteroatoms. The molecule has 0 spiro atoms. The third-order valence-corrected chi connectivity index (χ3v) is 3.55. The van der Waals surface area contributed by atoms with Crippen LogP contribution >= 0.6 is 12.2 Å². The Hall–Kier alpha value is -2.14. The molecule has 0 aliphatic carbocycles. The number of benzene rings is 1. The van der Waals surface area contributed by atoms with Crippen LogP contribution in [0.1, 0.15) is 16.8 Å². The summed E-state index contributed by atoms with van der Waals surface area (Å²) >= 11 is 5.09. The SMILES string of the molecule is CN(CCCNC(=O)c1ccc[nH]c1=S)c1ccccc1. The molecule has 110 valence electrons. The van der Waals surface area contributed by atoms with Gasteiger partial charge in [-0.15, -0.1) is 0 Å². The van der Waals surface area contributed by atoms with Crippen molar-refractivity contribution in [3.05, 3.63) is 58.9 Å². The van der Waals surface area contributed by atoms with Crippen LogP contribution in [0.15, 0.2) is 48.7 Å². The second-order valence-corrected chi connectivity index (χ2v) is 5.19. The first-order valence-electron chi connectivity index (χ1n) is 6.90. The van der Waals surface area contributed by atoms with Gasteiger partial charge in [-0.25, -0.2) is 0 Å². The van der Waals surface area contributed by atoms with Gasteiger partial charge in [0, 0.05) is 32.0 Å². The number of carbonyl (C=O) groups excluding carboxylic acids is 1. The Morgan fingerprint density at radius 2 is 2.00 bits per heavy atom. The van der Waals surface area contributed by atoms with Crippen molar-refractivity contribution in [2.24, 2.45) is 0 Å². The van der Waals surface area contributed by atoms with E-state index in [1.165, 1.54) is 5.69 Å². The van der Waals surface area contributed by atoms with Gasteiger partial charge in [0.05, 0.1) is 5.56 Å². The Bertz CT molecular complexity index is 639.